The van der Waals surface area contributed by atoms with Crippen LogP contribution < -0.4 is 20.2 Å². The maximum atomic E-state index is 14.4. The van der Waals surface area contributed by atoms with E-state index in [1.807, 2.05) is 46.7 Å². The second-order valence-corrected chi connectivity index (χ2v) is 19.2. The smallest absolute Gasteiger partial charge is 0.379 e. The number of halogens is 11. The van der Waals surface area contributed by atoms with E-state index in [-0.39, 0.29) is 67.7 Å². The van der Waals surface area contributed by atoms with Crippen LogP contribution in [0.4, 0.5) is 57.9 Å². The van der Waals surface area contributed by atoms with Crippen molar-refractivity contribution in [2.24, 2.45) is 16.1 Å². The molecule has 4 aromatic rings. The Balaban J connectivity index is 0.000000178. The number of hydrogen-bond donors (Lipinski definition) is 1. The summed E-state index contributed by atoms with van der Waals surface area (Å²) in [4.78, 5) is 34.3. The van der Waals surface area contributed by atoms with Crippen LogP contribution in [0.5, 0.6) is 0 Å². The molecule has 5 aliphatic rings. The van der Waals surface area contributed by atoms with Crippen molar-refractivity contribution in [2.45, 2.75) is 30.9 Å². The van der Waals surface area contributed by atoms with Crippen LogP contribution in [0.15, 0.2) is 107 Å². The average Bonchev–Trinajstić information content (AvgIpc) is 3.76. The molecule has 2 atom stereocenters. The van der Waals surface area contributed by atoms with E-state index < -0.39 is 52.4 Å². The first-order chi connectivity index (χ1) is 34.8. The highest BCUT2D eigenvalue weighted by atomic mass is 127. The molecule has 384 valence electrons. The van der Waals surface area contributed by atoms with E-state index in [9.17, 15) is 50.0 Å². The zero-order chi connectivity index (χ0) is 52.7. The van der Waals surface area contributed by atoms with Crippen LogP contribution in [0.2, 0.25) is 0 Å². The molecule has 0 unspecified atom stereocenters. The minimum Gasteiger partial charge on any atom is -0.379 e. The molecule has 73 heavy (non-hydrogen) atoms. The number of carbonyl (C=O) groups is 2. The van der Waals surface area contributed by atoms with Crippen molar-refractivity contribution >= 4 is 102 Å². The summed E-state index contributed by atoms with van der Waals surface area (Å²) < 4.78 is 119. The third kappa shape index (κ3) is 12.5. The van der Waals surface area contributed by atoms with Gasteiger partial charge in [-0.05, 0) is 143 Å². The largest absolute Gasteiger partial charge is 0.446 e. The van der Waals surface area contributed by atoms with Crippen LogP contribution in [0.25, 0.3) is 0 Å². The van der Waals surface area contributed by atoms with Gasteiger partial charge in [0.2, 0.25) is 10.8 Å². The Morgan fingerprint density at radius 1 is 0.740 bits per heavy atom. The van der Waals surface area contributed by atoms with Crippen molar-refractivity contribution in [3.8, 4) is 12.1 Å². The third-order valence-electron chi connectivity index (χ3n) is 12.0. The normalized spacial score (nSPS) is 20.6. The van der Waals surface area contributed by atoms with Crippen molar-refractivity contribution in [3.63, 3.8) is 0 Å². The molecule has 3 saturated heterocycles. The first kappa shape index (κ1) is 55.1. The number of nitriles is 2. The minimum atomic E-state index is -4.79. The molecule has 0 aromatic heterocycles. The van der Waals surface area contributed by atoms with Crippen LogP contribution in [-0.4, -0.2) is 116 Å². The number of fused-ring (bicyclic) bond motifs is 1. The van der Waals surface area contributed by atoms with E-state index in [4.69, 9.17) is 26.3 Å². The summed E-state index contributed by atoms with van der Waals surface area (Å²) in [6.07, 6.45) is -6.56. The summed E-state index contributed by atoms with van der Waals surface area (Å²) in [6.45, 7) is 4.71. The summed E-state index contributed by atoms with van der Waals surface area (Å²) in [5.41, 5.74) is 0.803. The van der Waals surface area contributed by atoms with E-state index in [1.165, 1.54) is 20.6 Å². The van der Waals surface area contributed by atoms with Crippen molar-refractivity contribution < 1.29 is 54.2 Å². The zero-order valence-electron chi connectivity index (χ0n) is 38.0. The highest BCUT2D eigenvalue weighted by molar-refractivity contribution is 14.1. The second-order valence-electron chi connectivity index (χ2n) is 16.4. The van der Waals surface area contributed by atoms with Crippen molar-refractivity contribution in [2.75, 3.05) is 85.9 Å². The molecule has 3 fully saturated rings. The van der Waals surface area contributed by atoms with E-state index in [1.54, 1.807) is 23.1 Å². The molecule has 0 bridgehead atoms. The average molecular weight is 1260 g/mol. The minimum absolute atomic E-state index is 0.0101. The number of rotatable bonds is 7. The van der Waals surface area contributed by atoms with Crippen LogP contribution in [0.1, 0.15) is 24.0 Å². The van der Waals surface area contributed by atoms with Crippen molar-refractivity contribution in [1.82, 2.24) is 9.80 Å². The molecular formula is C48H41ClF8I2N10O4. The van der Waals surface area contributed by atoms with Gasteiger partial charge in [0.1, 0.15) is 29.5 Å². The highest BCUT2D eigenvalue weighted by Crippen LogP contribution is 2.49. The maximum absolute atomic E-state index is 14.4. The summed E-state index contributed by atoms with van der Waals surface area (Å²) in [6, 6.07) is 24.9. The predicted molar refractivity (Wildman–Crippen MR) is 273 cm³/mol. The second kappa shape index (κ2) is 23.7. The molecule has 0 spiro atoms. The van der Waals surface area contributed by atoms with Crippen molar-refractivity contribution in [3.05, 3.63) is 127 Å². The summed E-state index contributed by atoms with van der Waals surface area (Å²) >= 11 is 9.24. The standard InChI is InChI=1S/C24H20F4IN5O2.C15H17IN2O2.C9H4ClF4N3/c25-20-6-5-18(13-15(20)14-30)34-23(32-9-11-36-12-10-32)19(21(31-34)24(26,27)28)7-8-33(22(23)35)17-3-1-16(29)2-4-17;16-12-3-5-13(6-4-12)18-7-1-2-14(15(18)19)17-8-10-20-11-9-17;10-8(9(12,13)14)17-16-6-1-2-7(11)5(3-6)4-15/h1-6,13,19H,7-12H2;2-6H,1,7-11H2;1-3,16H/b;;17-8-/t19-,23+;;/m0../s1. The molecule has 2 amide bonds. The fourth-order valence-corrected chi connectivity index (χ4v) is 9.44. The first-order valence-corrected chi connectivity index (χ1v) is 24.7. The number of ether oxygens (including phenoxy) is 2. The molecule has 25 heteroatoms. The topological polar surface area (TPSA) is 153 Å². The number of hydrogen-bond acceptors (Lipinski definition) is 12. The molecule has 0 saturated carbocycles. The van der Waals surface area contributed by atoms with Crippen molar-refractivity contribution in [1.29, 1.82) is 10.5 Å². The third-order valence-corrected chi connectivity index (χ3v) is 13.8. The van der Waals surface area contributed by atoms with Gasteiger partial charge >= 0.3 is 12.4 Å². The van der Waals surface area contributed by atoms with E-state index in [0.29, 0.717) is 18.9 Å². The first-order valence-electron chi connectivity index (χ1n) is 22.2. The van der Waals surface area contributed by atoms with Gasteiger partial charge in [0.15, 0.2) is 0 Å². The Kier molecular flexibility index (Phi) is 17.9. The number of carbonyl (C=O) groups excluding carboxylic acids is 2. The molecule has 0 radical (unpaired) electrons. The number of benzene rings is 4. The lowest BCUT2D eigenvalue weighted by molar-refractivity contribution is -0.140. The summed E-state index contributed by atoms with van der Waals surface area (Å²) in [7, 11) is 0. The molecule has 5 heterocycles. The zero-order valence-corrected chi connectivity index (χ0v) is 43.1. The Labute approximate surface area is 445 Å². The fourth-order valence-electron chi connectivity index (χ4n) is 8.68. The predicted octanol–water partition coefficient (Wildman–Crippen LogP) is 9.59. The van der Waals surface area contributed by atoms with Gasteiger partial charge in [0.05, 0.1) is 60.5 Å². The van der Waals surface area contributed by atoms with E-state index in [0.717, 1.165) is 76.4 Å². The maximum Gasteiger partial charge on any atom is 0.446 e. The lowest BCUT2D eigenvalue weighted by Crippen LogP contribution is -2.74. The lowest BCUT2D eigenvalue weighted by Gasteiger charge is -2.53. The SMILES string of the molecule is N#Cc1cc(N/N=C(\Cl)C(F)(F)F)ccc1F.N#Cc1cc(N2N=C(C(F)(F)F)[C@@H]3CCN(c4ccc(I)cc4)C(=O)[C@@]32N2CCOCC2)ccc1F.O=C1C(N2CCOCC2)=CCCN1c1ccc(I)cc1. The number of nitrogens with zero attached hydrogens (tertiary/aromatic N) is 9. The van der Waals surface area contributed by atoms with Crippen LogP contribution in [0, 0.1) is 47.4 Å². The number of piperidine rings is 1. The van der Waals surface area contributed by atoms with Gasteiger partial charge in [-0.2, -0.15) is 47.1 Å². The van der Waals surface area contributed by atoms with Gasteiger partial charge in [0, 0.05) is 57.8 Å². The quantitative estimate of drug-likeness (QED) is 0.0820. The molecule has 4 aromatic carbocycles. The number of amides is 2. The number of nitrogens with one attached hydrogen (secondary N) is 1. The molecule has 1 N–H and O–H groups in total. The van der Waals surface area contributed by atoms with E-state index >= 15 is 0 Å². The molecule has 0 aliphatic carbocycles. The number of morpholine rings is 2. The van der Waals surface area contributed by atoms with E-state index in [2.05, 4.69) is 66.4 Å². The molecular weight excluding hydrogens is 1220 g/mol. The molecule has 14 nitrogen and oxygen atoms in total. The van der Waals surface area contributed by atoms with Gasteiger partial charge in [-0.25, -0.2) is 13.8 Å². The Bertz CT molecular complexity index is 2850. The van der Waals surface area contributed by atoms with Crippen LogP contribution in [0.3, 0.4) is 0 Å². The fraction of sp³-hybridized carbons (Fsp3) is 0.333. The van der Waals surface area contributed by atoms with Gasteiger partial charge in [-0.1, -0.05) is 17.7 Å². The Morgan fingerprint density at radius 3 is 1.84 bits per heavy atom. The molecule has 5 aliphatic heterocycles. The summed E-state index contributed by atoms with van der Waals surface area (Å²) in [5, 5.41) is 24.1. The van der Waals surface area contributed by atoms with Gasteiger partial charge in [0.25, 0.3) is 11.8 Å². The molecule has 9 rings (SSSR count). The van der Waals surface area contributed by atoms with Gasteiger partial charge < -0.3 is 24.2 Å². The highest BCUT2D eigenvalue weighted by Gasteiger charge is 2.68. The number of hydrazone groups is 2. The summed E-state index contributed by atoms with van der Waals surface area (Å²) in [5.74, 6) is -3.33. The van der Waals surface area contributed by atoms with Crippen LogP contribution >= 0.6 is 56.8 Å². The van der Waals surface area contributed by atoms with Gasteiger partial charge in [-0.3, -0.25) is 19.9 Å². The number of alkyl halides is 6. The van der Waals surface area contributed by atoms with Crippen LogP contribution in [-0.2, 0) is 19.1 Å². The Morgan fingerprint density at radius 2 is 1.27 bits per heavy atom. The number of anilines is 4. The van der Waals surface area contributed by atoms with Gasteiger partial charge in [-0.15, -0.1) is 0 Å². The Hall–Kier alpha value is -5.65. The lowest BCUT2D eigenvalue weighted by atomic mass is 9.79. The monoisotopic (exact) mass is 1260 g/mol.